The summed E-state index contributed by atoms with van der Waals surface area (Å²) in [4.78, 5) is 0. The van der Waals surface area contributed by atoms with Gasteiger partial charge in [-0.1, -0.05) is 12.1 Å². The van der Waals surface area contributed by atoms with Gasteiger partial charge in [0.1, 0.15) is 5.82 Å². The SMILES string of the molecule is NNC(Cc1ccc(F)cc1)c1ccnnc1. The molecule has 17 heavy (non-hydrogen) atoms. The molecule has 0 spiro atoms. The van der Waals surface area contributed by atoms with Crippen LogP contribution in [0, 0.1) is 5.82 Å². The van der Waals surface area contributed by atoms with E-state index in [0.717, 1.165) is 11.1 Å². The summed E-state index contributed by atoms with van der Waals surface area (Å²) < 4.78 is 12.8. The first-order chi connectivity index (χ1) is 8.29. The van der Waals surface area contributed by atoms with Gasteiger partial charge in [0, 0.05) is 6.20 Å². The molecule has 1 aromatic heterocycles. The van der Waals surface area contributed by atoms with E-state index in [1.54, 1.807) is 24.5 Å². The van der Waals surface area contributed by atoms with Crippen LogP contribution in [0.5, 0.6) is 0 Å². The van der Waals surface area contributed by atoms with Crippen molar-refractivity contribution in [1.82, 2.24) is 15.6 Å². The van der Waals surface area contributed by atoms with Crippen molar-refractivity contribution >= 4 is 0 Å². The Hall–Kier alpha value is -1.85. The van der Waals surface area contributed by atoms with Crippen molar-refractivity contribution in [2.75, 3.05) is 0 Å². The van der Waals surface area contributed by atoms with Crippen molar-refractivity contribution in [3.63, 3.8) is 0 Å². The predicted octanol–water partition coefficient (Wildman–Crippen LogP) is 1.36. The normalized spacial score (nSPS) is 12.4. The van der Waals surface area contributed by atoms with Crippen LogP contribution in [0.4, 0.5) is 4.39 Å². The van der Waals surface area contributed by atoms with Gasteiger partial charge in [0.2, 0.25) is 0 Å². The molecule has 0 fully saturated rings. The zero-order valence-corrected chi connectivity index (χ0v) is 9.18. The molecule has 1 aromatic carbocycles. The average Bonchev–Trinajstić information content (AvgIpc) is 2.39. The van der Waals surface area contributed by atoms with Gasteiger partial charge in [-0.2, -0.15) is 10.2 Å². The molecule has 0 radical (unpaired) electrons. The van der Waals surface area contributed by atoms with Crippen LogP contribution >= 0.6 is 0 Å². The fourth-order valence-electron chi connectivity index (χ4n) is 1.64. The molecule has 4 nitrogen and oxygen atoms in total. The van der Waals surface area contributed by atoms with Gasteiger partial charge in [-0.3, -0.25) is 11.3 Å². The minimum absolute atomic E-state index is 0.0593. The van der Waals surface area contributed by atoms with Gasteiger partial charge in [0.15, 0.2) is 0 Å². The zero-order chi connectivity index (χ0) is 12.1. The number of hydrogen-bond acceptors (Lipinski definition) is 4. The number of halogens is 1. The third kappa shape index (κ3) is 3.05. The fraction of sp³-hybridized carbons (Fsp3) is 0.167. The van der Waals surface area contributed by atoms with Crippen molar-refractivity contribution in [2.45, 2.75) is 12.5 Å². The first-order valence-corrected chi connectivity index (χ1v) is 5.27. The second kappa shape index (κ2) is 5.47. The van der Waals surface area contributed by atoms with E-state index in [0.29, 0.717) is 6.42 Å². The molecule has 0 amide bonds. The highest BCUT2D eigenvalue weighted by molar-refractivity contribution is 5.21. The summed E-state index contributed by atoms with van der Waals surface area (Å²) in [6, 6.07) is 8.15. The molecule has 0 saturated heterocycles. The molecule has 2 aromatic rings. The number of nitrogens with zero attached hydrogens (tertiary/aromatic N) is 2. The minimum atomic E-state index is -0.239. The van der Waals surface area contributed by atoms with Crippen molar-refractivity contribution in [2.24, 2.45) is 5.84 Å². The van der Waals surface area contributed by atoms with E-state index >= 15 is 0 Å². The van der Waals surface area contributed by atoms with Gasteiger partial charge in [0.25, 0.3) is 0 Å². The van der Waals surface area contributed by atoms with E-state index in [4.69, 9.17) is 5.84 Å². The lowest BCUT2D eigenvalue weighted by atomic mass is 10.0. The van der Waals surface area contributed by atoms with Crippen LogP contribution in [0.3, 0.4) is 0 Å². The molecule has 0 saturated carbocycles. The molecule has 0 aliphatic carbocycles. The molecular weight excluding hydrogens is 219 g/mol. The molecule has 5 heteroatoms. The Morgan fingerprint density at radius 1 is 1.18 bits per heavy atom. The van der Waals surface area contributed by atoms with Crippen molar-refractivity contribution in [3.05, 3.63) is 59.7 Å². The van der Waals surface area contributed by atoms with Gasteiger partial charge >= 0.3 is 0 Å². The summed E-state index contributed by atoms with van der Waals surface area (Å²) in [6.07, 6.45) is 3.95. The van der Waals surface area contributed by atoms with Gasteiger partial charge in [-0.15, -0.1) is 0 Å². The van der Waals surface area contributed by atoms with Crippen LogP contribution in [0.15, 0.2) is 42.7 Å². The molecule has 2 rings (SSSR count). The van der Waals surface area contributed by atoms with Crippen molar-refractivity contribution < 1.29 is 4.39 Å². The topological polar surface area (TPSA) is 63.8 Å². The monoisotopic (exact) mass is 232 g/mol. The quantitative estimate of drug-likeness (QED) is 0.617. The van der Waals surface area contributed by atoms with E-state index in [-0.39, 0.29) is 11.9 Å². The Balaban J connectivity index is 2.13. The van der Waals surface area contributed by atoms with Crippen LogP contribution in [0.25, 0.3) is 0 Å². The lowest BCUT2D eigenvalue weighted by Gasteiger charge is -2.15. The first kappa shape index (κ1) is 11.6. The number of nitrogens with two attached hydrogens (primary N) is 1. The number of hydrazine groups is 1. The third-order valence-corrected chi connectivity index (χ3v) is 2.56. The van der Waals surface area contributed by atoms with Gasteiger partial charge in [0.05, 0.1) is 12.2 Å². The third-order valence-electron chi connectivity index (χ3n) is 2.56. The molecule has 1 atom stereocenters. The summed E-state index contributed by atoms with van der Waals surface area (Å²) in [5.74, 6) is 5.27. The number of rotatable bonds is 4. The maximum absolute atomic E-state index is 12.8. The number of aromatic nitrogens is 2. The number of nitrogens with one attached hydrogen (secondary N) is 1. The van der Waals surface area contributed by atoms with Crippen LogP contribution in [-0.2, 0) is 6.42 Å². The van der Waals surface area contributed by atoms with Crippen LogP contribution in [0.2, 0.25) is 0 Å². The van der Waals surface area contributed by atoms with Gasteiger partial charge in [-0.05, 0) is 35.7 Å². The van der Waals surface area contributed by atoms with E-state index in [2.05, 4.69) is 15.6 Å². The molecule has 1 unspecified atom stereocenters. The molecule has 0 aliphatic rings. The highest BCUT2D eigenvalue weighted by Gasteiger charge is 2.10. The fourth-order valence-corrected chi connectivity index (χ4v) is 1.64. The Labute approximate surface area is 98.7 Å². The van der Waals surface area contributed by atoms with Crippen LogP contribution in [0.1, 0.15) is 17.2 Å². The summed E-state index contributed by atoms with van der Waals surface area (Å²) in [5.41, 5.74) is 4.68. The molecule has 3 N–H and O–H groups in total. The maximum Gasteiger partial charge on any atom is 0.123 e. The maximum atomic E-state index is 12.8. The zero-order valence-electron chi connectivity index (χ0n) is 9.18. The average molecular weight is 232 g/mol. The Morgan fingerprint density at radius 3 is 2.53 bits per heavy atom. The second-order valence-corrected chi connectivity index (χ2v) is 3.73. The van der Waals surface area contributed by atoms with E-state index in [9.17, 15) is 4.39 Å². The molecule has 0 bridgehead atoms. The number of hydrogen-bond donors (Lipinski definition) is 2. The van der Waals surface area contributed by atoms with Crippen LogP contribution in [-0.4, -0.2) is 10.2 Å². The number of benzene rings is 1. The molecule has 88 valence electrons. The highest BCUT2D eigenvalue weighted by atomic mass is 19.1. The molecule has 0 aliphatic heterocycles. The Morgan fingerprint density at radius 2 is 1.94 bits per heavy atom. The van der Waals surface area contributed by atoms with Crippen LogP contribution < -0.4 is 11.3 Å². The smallest absolute Gasteiger partial charge is 0.123 e. The molecular formula is C12H13FN4. The summed E-state index contributed by atoms with van der Waals surface area (Å²) in [6.45, 7) is 0. The second-order valence-electron chi connectivity index (χ2n) is 3.73. The minimum Gasteiger partial charge on any atom is -0.271 e. The predicted molar refractivity (Wildman–Crippen MR) is 62.2 cm³/mol. The summed E-state index contributed by atoms with van der Waals surface area (Å²) in [7, 11) is 0. The summed E-state index contributed by atoms with van der Waals surface area (Å²) in [5, 5.41) is 7.52. The van der Waals surface area contributed by atoms with E-state index < -0.39 is 0 Å². The molecule has 1 heterocycles. The van der Waals surface area contributed by atoms with Gasteiger partial charge in [-0.25, -0.2) is 4.39 Å². The Kier molecular flexibility index (Phi) is 3.74. The van der Waals surface area contributed by atoms with Crippen molar-refractivity contribution in [3.8, 4) is 0 Å². The van der Waals surface area contributed by atoms with Gasteiger partial charge < -0.3 is 0 Å². The standard InChI is InChI=1S/C12H13FN4/c13-11-3-1-9(2-4-11)7-12(17-14)10-5-6-15-16-8-10/h1-6,8,12,17H,7,14H2. The first-order valence-electron chi connectivity index (χ1n) is 5.27. The largest absolute Gasteiger partial charge is 0.271 e. The van der Waals surface area contributed by atoms with E-state index in [1.165, 1.54) is 12.1 Å². The lowest BCUT2D eigenvalue weighted by molar-refractivity contribution is 0.547. The van der Waals surface area contributed by atoms with E-state index in [1.807, 2.05) is 6.07 Å². The Bertz CT molecular complexity index is 458. The lowest BCUT2D eigenvalue weighted by Crippen LogP contribution is -2.29. The van der Waals surface area contributed by atoms with Crippen molar-refractivity contribution in [1.29, 1.82) is 0 Å². The summed E-state index contributed by atoms with van der Waals surface area (Å²) >= 11 is 0. The highest BCUT2D eigenvalue weighted by Crippen LogP contribution is 2.16.